The van der Waals surface area contributed by atoms with Crippen LogP contribution < -0.4 is 10.2 Å². The van der Waals surface area contributed by atoms with Gasteiger partial charge in [0, 0.05) is 17.0 Å². The van der Waals surface area contributed by atoms with Gasteiger partial charge in [-0.05, 0) is 30.3 Å². The fraction of sp³-hybridized carbons (Fsp3) is 0.200. The van der Waals surface area contributed by atoms with Gasteiger partial charge >= 0.3 is 5.97 Å². The number of rotatable bonds is 5. The highest BCUT2D eigenvalue weighted by Gasteiger charge is 2.28. The maximum absolute atomic E-state index is 13.3. The molecule has 4 aromatic rings. The van der Waals surface area contributed by atoms with Crippen molar-refractivity contribution in [2.75, 3.05) is 14.2 Å². The molecule has 0 unspecified atom stereocenters. The molecule has 2 aromatic heterocycles. The number of hydrogen-bond donors (Lipinski definition) is 1. The number of aromatic nitrogens is 2. The second-order valence-electron chi connectivity index (χ2n) is 6.35. The number of phenolic OH excluding ortho intramolecular Hbond substituents is 1. The molecule has 0 fully saturated rings. The Labute approximate surface area is 168 Å². The van der Waals surface area contributed by atoms with Gasteiger partial charge in [-0.2, -0.15) is 8.75 Å². The largest absolute Gasteiger partial charge is 0.508 e. The third-order valence-corrected chi connectivity index (χ3v) is 5.32. The Balaban J connectivity index is 1.98. The van der Waals surface area contributed by atoms with Gasteiger partial charge in [0.2, 0.25) is 0 Å². The van der Waals surface area contributed by atoms with E-state index in [4.69, 9.17) is 13.9 Å². The second kappa shape index (κ2) is 7.51. The topological polar surface area (TPSA) is 112 Å². The molecule has 0 aliphatic rings. The Hall–Kier alpha value is -3.46. The molecule has 148 valence electrons. The van der Waals surface area contributed by atoms with Crippen LogP contribution in [0.15, 0.2) is 45.8 Å². The van der Waals surface area contributed by atoms with Crippen LogP contribution in [0.1, 0.15) is 23.5 Å². The lowest BCUT2D eigenvalue weighted by atomic mass is 9.87. The van der Waals surface area contributed by atoms with Crippen molar-refractivity contribution in [3.8, 4) is 11.5 Å². The van der Waals surface area contributed by atoms with Gasteiger partial charge in [-0.15, -0.1) is 0 Å². The number of ether oxygens (including phenoxy) is 2. The zero-order valence-corrected chi connectivity index (χ0v) is 16.4. The van der Waals surface area contributed by atoms with E-state index in [0.29, 0.717) is 33.3 Å². The van der Waals surface area contributed by atoms with E-state index in [0.717, 1.165) is 11.7 Å². The molecule has 0 saturated heterocycles. The summed E-state index contributed by atoms with van der Waals surface area (Å²) >= 11 is 0.979. The maximum atomic E-state index is 13.3. The molecule has 2 heterocycles. The van der Waals surface area contributed by atoms with Crippen LogP contribution in [0.4, 0.5) is 0 Å². The van der Waals surface area contributed by atoms with E-state index >= 15 is 0 Å². The molecular formula is C20H16N2O6S. The summed E-state index contributed by atoms with van der Waals surface area (Å²) in [5.41, 5.74) is 1.56. The maximum Gasteiger partial charge on any atom is 0.306 e. The minimum Gasteiger partial charge on any atom is -0.508 e. The number of carbonyl (C=O) groups excluding carboxylic acids is 1. The lowest BCUT2D eigenvalue weighted by Crippen LogP contribution is -2.18. The van der Waals surface area contributed by atoms with E-state index in [1.807, 2.05) is 0 Å². The van der Waals surface area contributed by atoms with E-state index in [9.17, 15) is 14.7 Å². The van der Waals surface area contributed by atoms with Gasteiger partial charge in [-0.3, -0.25) is 9.59 Å². The van der Waals surface area contributed by atoms with Gasteiger partial charge in [0.15, 0.2) is 5.43 Å². The average molecular weight is 412 g/mol. The molecule has 0 spiro atoms. The zero-order chi connectivity index (χ0) is 20.5. The molecule has 0 aliphatic carbocycles. The summed E-state index contributed by atoms with van der Waals surface area (Å²) in [6, 6.07) is 7.99. The highest BCUT2D eigenvalue weighted by atomic mass is 32.1. The minimum absolute atomic E-state index is 0.0933. The van der Waals surface area contributed by atoms with Crippen LogP contribution in [0.3, 0.4) is 0 Å². The van der Waals surface area contributed by atoms with Crippen LogP contribution in [-0.4, -0.2) is 34.0 Å². The monoisotopic (exact) mass is 412 g/mol. The summed E-state index contributed by atoms with van der Waals surface area (Å²) in [5.74, 6) is -0.967. The lowest BCUT2D eigenvalue weighted by Gasteiger charge is -2.18. The predicted molar refractivity (Wildman–Crippen MR) is 107 cm³/mol. The van der Waals surface area contributed by atoms with Gasteiger partial charge in [-0.1, -0.05) is 0 Å². The SMILES string of the molecule is COC(=O)C[C@@H](c1coc2ccc(OC)cc2c1=O)c1c(O)ccc2nsnc12. The first kappa shape index (κ1) is 18.9. The van der Waals surface area contributed by atoms with Crippen LogP contribution in [0.25, 0.3) is 22.0 Å². The molecule has 9 heteroatoms. The standard InChI is InChI=1S/C20H16N2O6S/c1-26-10-3-6-16-12(7-10)20(25)13(9-28-16)11(8-17(24)27-2)18-15(23)5-4-14-19(18)22-29-21-14/h3-7,9,11,23H,8H2,1-2H3/t11-/m0/s1. The molecule has 0 aliphatic heterocycles. The number of nitrogens with zero attached hydrogens (tertiary/aromatic N) is 2. The molecule has 1 N–H and O–H groups in total. The first-order valence-corrected chi connectivity index (χ1v) is 9.37. The molecule has 0 radical (unpaired) electrons. The average Bonchev–Trinajstić information content (AvgIpc) is 3.21. The van der Waals surface area contributed by atoms with Crippen LogP contribution >= 0.6 is 11.7 Å². The van der Waals surface area contributed by atoms with Gasteiger partial charge in [0.05, 0.1) is 44.0 Å². The fourth-order valence-corrected chi connectivity index (χ4v) is 3.86. The summed E-state index contributed by atoms with van der Waals surface area (Å²) < 4.78 is 24.1. The number of aromatic hydroxyl groups is 1. The third kappa shape index (κ3) is 3.29. The summed E-state index contributed by atoms with van der Waals surface area (Å²) in [7, 11) is 2.76. The summed E-state index contributed by atoms with van der Waals surface area (Å²) in [4.78, 5) is 25.4. The van der Waals surface area contributed by atoms with Gasteiger partial charge in [-0.25, -0.2) is 0 Å². The third-order valence-electron chi connectivity index (χ3n) is 4.77. The number of esters is 1. The second-order valence-corrected chi connectivity index (χ2v) is 6.87. The highest BCUT2D eigenvalue weighted by molar-refractivity contribution is 7.00. The molecule has 8 nitrogen and oxygen atoms in total. The first-order valence-electron chi connectivity index (χ1n) is 8.64. The van der Waals surface area contributed by atoms with Crippen LogP contribution in [0.2, 0.25) is 0 Å². The molecule has 0 amide bonds. The van der Waals surface area contributed by atoms with Crippen LogP contribution in [-0.2, 0) is 9.53 Å². The Morgan fingerprint density at radius 2 is 2.07 bits per heavy atom. The normalized spacial score (nSPS) is 12.2. The fourth-order valence-electron chi connectivity index (χ4n) is 3.31. The Morgan fingerprint density at radius 1 is 1.24 bits per heavy atom. The molecule has 29 heavy (non-hydrogen) atoms. The minimum atomic E-state index is -0.832. The smallest absolute Gasteiger partial charge is 0.306 e. The number of methoxy groups -OCH3 is 2. The van der Waals surface area contributed by atoms with Crippen molar-refractivity contribution in [1.82, 2.24) is 8.75 Å². The van der Waals surface area contributed by atoms with Crippen molar-refractivity contribution >= 4 is 39.7 Å². The van der Waals surface area contributed by atoms with Crippen molar-refractivity contribution in [2.24, 2.45) is 0 Å². The van der Waals surface area contributed by atoms with Crippen molar-refractivity contribution < 1.29 is 23.8 Å². The number of hydrogen-bond acceptors (Lipinski definition) is 9. The van der Waals surface area contributed by atoms with Crippen LogP contribution in [0.5, 0.6) is 11.5 Å². The molecule has 2 aromatic carbocycles. The van der Waals surface area contributed by atoms with Crippen molar-refractivity contribution in [1.29, 1.82) is 0 Å². The van der Waals surface area contributed by atoms with Crippen molar-refractivity contribution in [3.63, 3.8) is 0 Å². The Morgan fingerprint density at radius 3 is 2.83 bits per heavy atom. The van der Waals surface area contributed by atoms with E-state index in [1.54, 1.807) is 24.3 Å². The molecule has 1 atom stereocenters. The predicted octanol–water partition coefficient (Wildman–Crippen LogP) is 3.21. The first-order chi connectivity index (χ1) is 14.0. The van der Waals surface area contributed by atoms with Gasteiger partial charge in [0.25, 0.3) is 0 Å². The Bertz CT molecular complexity index is 1280. The number of fused-ring (bicyclic) bond motifs is 2. The summed E-state index contributed by atoms with van der Waals surface area (Å²) in [6.07, 6.45) is 1.13. The number of benzene rings is 2. The summed E-state index contributed by atoms with van der Waals surface area (Å²) in [5, 5.41) is 10.9. The number of phenols is 1. The van der Waals surface area contributed by atoms with E-state index < -0.39 is 11.9 Å². The zero-order valence-electron chi connectivity index (χ0n) is 15.5. The highest BCUT2D eigenvalue weighted by Crippen LogP contribution is 2.38. The number of carbonyl (C=O) groups is 1. The molecule has 0 bridgehead atoms. The Kier molecular flexibility index (Phi) is 4.89. The van der Waals surface area contributed by atoms with E-state index in [-0.39, 0.29) is 23.2 Å². The van der Waals surface area contributed by atoms with Crippen molar-refractivity contribution in [2.45, 2.75) is 12.3 Å². The summed E-state index contributed by atoms with van der Waals surface area (Å²) in [6.45, 7) is 0. The van der Waals surface area contributed by atoms with Gasteiger partial charge in [0.1, 0.15) is 28.1 Å². The molecular weight excluding hydrogens is 396 g/mol. The van der Waals surface area contributed by atoms with Gasteiger partial charge < -0.3 is 19.0 Å². The quantitative estimate of drug-likeness (QED) is 0.497. The van der Waals surface area contributed by atoms with E-state index in [2.05, 4.69) is 8.75 Å². The molecule has 4 rings (SSSR count). The molecule has 0 saturated carbocycles. The van der Waals surface area contributed by atoms with E-state index in [1.165, 1.54) is 26.5 Å². The lowest BCUT2D eigenvalue weighted by molar-refractivity contribution is -0.140. The van der Waals surface area contributed by atoms with Crippen molar-refractivity contribution in [3.05, 3.63) is 57.9 Å². The van der Waals surface area contributed by atoms with Crippen LogP contribution in [0, 0.1) is 0 Å².